The Morgan fingerprint density at radius 2 is 2.04 bits per heavy atom. The summed E-state index contributed by atoms with van der Waals surface area (Å²) in [4.78, 5) is 18.8. The third-order valence-electron chi connectivity index (χ3n) is 3.51. The molecule has 3 aromatic rings. The highest BCUT2D eigenvalue weighted by Crippen LogP contribution is 2.35. The summed E-state index contributed by atoms with van der Waals surface area (Å²) >= 11 is 3.29. The Labute approximate surface area is 157 Å². The Hall–Kier alpha value is -3.13. The normalized spacial score (nSPS) is 10.8. The summed E-state index contributed by atoms with van der Waals surface area (Å²) in [5.74, 6) is 0.541. The fourth-order valence-corrected chi connectivity index (χ4v) is 2.69. The molecule has 2 aromatic carbocycles. The van der Waals surface area contributed by atoms with E-state index in [0.717, 1.165) is 5.56 Å². The molecule has 0 spiro atoms. The Balaban J connectivity index is 1.82. The van der Waals surface area contributed by atoms with Crippen LogP contribution in [-0.4, -0.2) is 28.4 Å². The second-order valence-electron chi connectivity index (χ2n) is 5.23. The van der Waals surface area contributed by atoms with Crippen molar-refractivity contribution < 1.29 is 9.84 Å². The molecule has 0 unspecified atom stereocenters. The van der Waals surface area contributed by atoms with Crippen molar-refractivity contribution in [1.29, 1.82) is 0 Å². The first kappa shape index (κ1) is 17.7. The van der Waals surface area contributed by atoms with E-state index in [-0.39, 0.29) is 17.3 Å². The summed E-state index contributed by atoms with van der Waals surface area (Å²) in [5.41, 5.74) is 4.38. The zero-order valence-corrected chi connectivity index (χ0v) is 15.3. The van der Waals surface area contributed by atoms with Crippen LogP contribution in [0.5, 0.6) is 11.5 Å². The molecule has 0 fully saturated rings. The fourth-order valence-electron chi connectivity index (χ4n) is 2.26. The summed E-state index contributed by atoms with van der Waals surface area (Å²) in [7, 11) is 1.47. The average Bonchev–Trinajstić information content (AvgIpc) is 2.65. The van der Waals surface area contributed by atoms with Crippen molar-refractivity contribution in [2.75, 3.05) is 12.5 Å². The lowest BCUT2D eigenvalue weighted by Gasteiger charge is -2.07. The third kappa shape index (κ3) is 3.92. The van der Waals surface area contributed by atoms with Crippen LogP contribution < -0.4 is 15.7 Å². The Bertz CT molecular complexity index is 1000. The molecule has 1 heterocycles. The predicted octanol–water partition coefficient (Wildman–Crippen LogP) is 3.36. The number of hydrogen-bond acceptors (Lipinski definition) is 6. The number of phenols is 1. The van der Waals surface area contributed by atoms with Gasteiger partial charge in [-0.25, -0.2) is 10.4 Å². The lowest BCUT2D eigenvalue weighted by Crippen LogP contribution is -2.10. The van der Waals surface area contributed by atoms with Crippen LogP contribution in [0.3, 0.4) is 0 Å². The van der Waals surface area contributed by atoms with Gasteiger partial charge >= 0.3 is 0 Å². The minimum Gasteiger partial charge on any atom is -0.503 e. The highest BCUT2D eigenvalue weighted by atomic mass is 79.9. The molecule has 8 heteroatoms. The number of aromatic nitrogens is 2. The molecule has 0 radical (unpaired) electrons. The van der Waals surface area contributed by atoms with Gasteiger partial charge in [0.15, 0.2) is 11.5 Å². The molecule has 132 valence electrons. The van der Waals surface area contributed by atoms with Crippen molar-refractivity contribution in [1.82, 2.24) is 9.97 Å². The first-order chi connectivity index (χ1) is 12.6. The number of methoxy groups -OCH3 is 1. The van der Waals surface area contributed by atoms with Gasteiger partial charge in [0.2, 0.25) is 5.95 Å². The molecule has 1 aromatic heterocycles. The van der Waals surface area contributed by atoms with Crippen LogP contribution in [0.2, 0.25) is 0 Å². The van der Waals surface area contributed by atoms with Gasteiger partial charge in [-0.1, -0.05) is 30.3 Å². The number of anilines is 1. The fraction of sp³-hybridized carbons (Fsp3) is 0.0556. The number of nitrogens with one attached hydrogen (secondary N) is 2. The van der Waals surface area contributed by atoms with Gasteiger partial charge < -0.3 is 9.84 Å². The second kappa shape index (κ2) is 7.83. The number of nitrogens with zero attached hydrogens (tertiary/aromatic N) is 2. The maximum absolute atomic E-state index is 11.8. The van der Waals surface area contributed by atoms with E-state index in [0.29, 0.717) is 21.5 Å². The average molecular weight is 415 g/mol. The van der Waals surface area contributed by atoms with Crippen LogP contribution >= 0.6 is 15.9 Å². The van der Waals surface area contributed by atoms with Crippen LogP contribution in [0.25, 0.3) is 11.3 Å². The van der Waals surface area contributed by atoms with E-state index in [1.54, 1.807) is 12.1 Å². The number of rotatable bonds is 5. The van der Waals surface area contributed by atoms with E-state index >= 15 is 0 Å². The van der Waals surface area contributed by atoms with Gasteiger partial charge in [0, 0.05) is 17.2 Å². The zero-order valence-electron chi connectivity index (χ0n) is 13.7. The van der Waals surface area contributed by atoms with Crippen LogP contribution in [-0.2, 0) is 0 Å². The number of benzene rings is 2. The minimum absolute atomic E-state index is 0.0194. The largest absolute Gasteiger partial charge is 0.503 e. The summed E-state index contributed by atoms with van der Waals surface area (Å²) < 4.78 is 5.48. The molecule has 0 atom stereocenters. The maximum Gasteiger partial charge on any atom is 0.252 e. The number of hydrogen-bond donors (Lipinski definition) is 3. The van der Waals surface area contributed by atoms with Crippen molar-refractivity contribution in [3.63, 3.8) is 0 Å². The molecule has 7 nitrogen and oxygen atoms in total. The molecule has 0 aliphatic heterocycles. The minimum atomic E-state index is -0.292. The van der Waals surface area contributed by atoms with E-state index < -0.39 is 0 Å². The third-order valence-corrected chi connectivity index (χ3v) is 4.35. The molecule has 26 heavy (non-hydrogen) atoms. The quantitative estimate of drug-likeness (QED) is 0.439. The van der Waals surface area contributed by atoms with Gasteiger partial charge in [0.25, 0.3) is 5.56 Å². The molecular weight excluding hydrogens is 400 g/mol. The molecule has 3 N–H and O–H groups in total. The highest BCUT2D eigenvalue weighted by molar-refractivity contribution is 9.10. The number of phenolic OH excluding ortho intramolecular Hbond substituents is 1. The van der Waals surface area contributed by atoms with Gasteiger partial charge in [0.1, 0.15) is 0 Å². The Morgan fingerprint density at radius 1 is 1.27 bits per heavy atom. The number of ether oxygens (including phenoxy) is 1. The smallest absolute Gasteiger partial charge is 0.252 e. The monoisotopic (exact) mass is 414 g/mol. The molecule has 0 saturated heterocycles. The summed E-state index contributed by atoms with van der Waals surface area (Å²) in [6.45, 7) is 0. The summed E-state index contributed by atoms with van der Waals surface area (Å²) in [6.07, 6.45) is 1.48. The number of H-pyrrole nitrogens is 1. The predicted molar refractivity (Wildman–Crippen MR) is 104 cm³/mol. The molecule has 0 amide bonds. The van der Waals surface area contributed by atoms with Crippen molar-refractivity contribution in [2.45, 2.75) is 0 Å². The van der Waals surface area contributed by atoms with E-state index in [1.165, 1.54) is 19.4 Å². The Kier molecular flexibility index (Phi) is 5.33. The number of aromatic hydroxyl groups is 1. The summed E-state index contributed by atoms with van der Waals surface area (Å²) in [5, 5.41) is 14.0. The molecule has 0 bridgehead atoms. The van der Waals surface area contributed by atoms with Crippen LogP contribution in [0.15, 0.2) is 62.9 Å². The topological polar surface area (TPSA) is 99.6 Å². The van der Waals surface area contributed by atoms with Gasteiger partial charge in [-0.3, -0.25) is 9.78 Å². The van der Waals surface area contributed by atoms with Crippen molar-refractivity contribution in [3.05, 3.63) is 68.9 Å². The summed E-state index contributed by atoms with van der Waals surface area (Å²) in [6, 6.07) is 14.1. The number of halogens is 1. The van der Waals surface area contributed by atoms with E-state index in [9.17, 15) is 9.90 Å². The highest BCUT2D eigenvalue weighted by Gasteiger charge is 2.09. The van der Waals surface area contributed by atoms with Gasteiger partial charge in [0.05, 0.1) is 23.5 Å². The van der Waals surface area contributed by atoms with Gasteiger partial charge in [-0.05, 0) is 28.1 Å². The van der Waals surface area contributed by atoms with E-state index in [4.69, 9.17) is 4.74 Å². The van der Waals surface area contributed by atoms with Crippen LogP contribution in [0, 0.1) is 0 Å². The van der Waals surface area contributed by atoms with Crippen LogP contribution in [0.4, 0.5) is 5.95 Å². The molecule has 3 rings (SSSR count). The van der Waals surface area contributed by atoms with E-state index in [2.05, 4.69) is 36.4 Å². The lowest BCUT2D eigenvalue weighted by atomic mass is 10.1. The van der Waals surface area contributed by atoms with E-state index in [1.807, 2.05) is 30.3 Å². The SMILES string of the molecule is COc1ccc(/C=N\Nc2nc(-c3ccccc3)cc(=O)[nH]2)c(Br)c1O. The first-order valence-corrected chi connectivity index (χ1v) is 8.39. The maximum atomic E-state index is 11.8. The lowest BCUT2D eigenvalue weighted by molar-refractivity contribution is 0.372. The zero-order chi connectivity index (χ0) is 18.5. The van der Waals surface area contributed by atoms with Crippen molar-refractivity contribution in [2.24, 2.45) is 5.10 Å². The van der Waals surface area contributed by atoms with Crippen molar-refractivity contribution in [3.8, 4) is 22.8 Å². The van der Waals surface area contributed by atoms with Crippen molar-refractivity contribution >= 4 is 28.1 Å². The number of hydrazone groups is 1. The second-order valence-corrected chi connectivity index (χ2v) is 6.03. The molecule has 0 aliphatic carbocycles. The van der Waals surface area contributed by atoms with Crippen LogP contribution in [0.1, 0.15) is 5.56 Å². The number of aromatic amines is 1. The molecule has 0 aliphatic rings. The van der Waals surface area contributed by atoms with Gasteiger partial charge in [-0.15, -0.1) is 0 Å². The Morgan fingerprint density at radius 3 is 2.77 bits per heavy atom. The van der Waals surface area contributed by atoms with Gasteiger partial charge in [-0.2, -0.15) is 5.10 Å². The molecular formula is C18H15BrN4O3. The molecule has 0 saturated carbocycles. The first-order valence-electron chi connectivity index (χ1n) is 7.60. The standard InChI is InChI=1S/C18H15BrN4O3/c1-26-14-8-7-12(16(19)17(14)25)10-20-23-18-21-13(9-15(24)22-18)11-5-3-2-4-6-11/h2-10,25H,1H3,(H2,21,22,23,24)/b20-10-.